The van der Waals surface area contributed by atoms with Gasteiger partial charge in [0, 0.05) is 25.4 Å². The Hall–Kier alpha value is -2.20. The van der Waals surface area contributed by atoms with E-state index in [-0.39, 0.29) is 29.4 Å². The Labute approximate surface area is 168 Å². The number of carboxylic acids is 1. The predicted molar refractivity (Wildman–Crippen MR) is 99.0 cm³/mol. The van der Waals surface area contributed by atoms with Crippen molar-refractivity contribution in [3.8, 4) is 12.3 Å². The highest BCUT2D eigenvalue weighted by Gasteiger charge is 2.66. The maximum atomic E-state index is 12.8. The minimum absolute atomic E-state index is 0.114. The molecule has 2 N–H and O–H groups in total. The standard InChI is InChI=1S/C16H18N2O8S2/c1-4-5-28(24)8-11(20)17-16(25-3)14(23)18-12(13(21)22)10(6-26-9(2)19)7-27-15(16)18/h1,15H,5-8H2,2-3H3,(H,17,20)(H,21,22)/t15-,16-,28?/m0/s1. The Bertz CT molecular complexity index is 777. The maximum Gasteiger partial charge on any atom is 0.352 e. The zero-order valence-corrected chi connectivity index (χ0v) is 16.7. The summed E-state index contributed by atoms with van der Waals surface area (Å²) in [7, 11) is 1.20. The molecule has 0 aromatic heterocycles. The molecule has 0 radical (unpaired) electrons. The van der Waals surface area contributed by atoms with Crippen LogP contribution in [0.2, 0.25) is 0 Å². The molecule has 12 heteroatoms. The Morgan fingerprint density at radius 2 is 2.21 bits per heavy atom. The first kappa shape index (κ1) is 22.1. The molecule has 0 bridgehead atoms. The molecule has 1 saturated heterocycles. The van der Waals surface area contributed by atoms with Crippen molar-refractivity contribution in [3.63, 3.8) is 0 Å². The fraction of sp³-hybridized carbons (Fsp3) is 0.500. The molecule has 0 aromatic carbocycles. The number of ether oxygens (including phenoxy) is 2. The highest BCUT2D eigenvalue weighted by atomic mass is 32.2. The van der Waals surface area contributed by atoms with Gasteiger partial charge in [-0.05, 0) is 11.2 Å². The molecule has 0 saturated carbocycles. The Morgan fingerprint density at radius 3 is 2.75 bits per heavy atom. The van der Waals surface area contributed by atoms with Crippen LogP contribution >= 0.6 is 11.8 Å². The zero-order chi connectivity index (χ0) is 21.1. The van der Waals surface area contributed by atoms with E-state index in [1.807, 2.05) is 0 Å². The number of hydrogen-bond acceptors (Lipinski definition) is 8. The van der Waals surface area contributed by atoms with Gasteiger partial charge in [0.05, 0.1) is 0 Å². The van der Waals surface area contributed by atoms with Crippen molar-refractivity contribution in [1.82, 2.24) is 10.2 Å². The number of carbonyl (C=O) groups excluding carboxylic acids is 3. The molecule has 2 rings (SSSR count). The van der Waals surface area contributed by atoms with E-state index in [0.717, 1.165) is 16.7 Å². The summed E-state index contributed by atoms with van der Waals surface area (Å²) in [6.07, 6.45) is 5.05. The second kappa shape index (κ2) is 8.87. The molecule has 1 fully saturated rings. The SMILES string of the molecule is C#CC[S+]([O-])CC(=O)N[C@]1(OC)C(=O)N2C(C(=O)O)=C(COC(C)=O)CS[C@H]21. The summed E-state index contributed by atoms with van der Waals surface area (Å²) in [6, 6.07) is 0. The number of fused-ring (bicyclic) bond motifs is 1. The number of nitrogens with one attached hydrogen (secondary N) is 1. The number of nitrogens with zero attached hydrogens (tertiary/aromatic N) is 1. The summed E-state index contributed by atoms with van der Waals surface area (Å²) in [4.78, 5) is 48.6. The third kappa shape index (κ3) is 4.12. The number of carboxylic acid groups (broad SMARTS) is 1. The summed E-state index contributed by atoms with van der Waals surface area (Å²) in [5.74, 6) is -1.67. The van der Waals surface area contributed by atoms with Gasteiger partial charge < -0.3 is 24.4 Å². The summed E-state index contributed by atoms with van der Waals surface area (Å²) in [5, 5.41) is 11.1. The van der Waals surface area contributed by atoms with Gasteiger partial charge in [-0.1, -0.05) is 5.92 Å². The van der Waals surface area contributed by atoms with Gasteiger partial charge in [-0.25, -0.2) is 4.79 Å². The second-order valence-corrected chi connectivity index (χ2v) is 8.32. The molecule has 10 nitrogen and oxygen atoms in total. The highest BCUT2D eigenvalue weighted by Crippen LogP contribution is 2.46. The number of thioether (sulfide) groups is 1. The van der Waals surface area contributed by atoms with Crippen LogP contribution in [0.4, 0.5) is 0 Å². The van der Waals surface area contributed by atoms with E-state index in [2.05, 4.69) is 11.2 Å². The van der Waals surface area contributed by atoms with Crippen molar-refractivity contribution in [3.05, 3.63) is 11.3 Å². The monoisotopic (exact) mass is 430 g/mol. The minimum Gasteiger partial charge on any atom is -0.615 e. The smallest absolute Gasteiger partial charge is 0.352 e. The lowest BCUT2D eigenvalue weighted by molar-refractivity contribution is -0.192. The largest absolute Gasteiger partial charge is 0.615 e. The molecule has 0 aliphatic carbocycles. The van der Waals surface area contributed by atoms with Crippen LogP contribution in [-0.2, 0) is 39.8 Å². The number of hydrogen-bond donors (Lipinski definition) is 2. The lowest BCUT2D eigenvalue weighted by Gasteiger charge is -2.55. The number of esters is 1. The molecular formula is C16H18N2O8S2. The molecule has 1 unspecified atom stereocenters. The van der Waals surface area contributed by atoms with E-state index in [9.17, 15) is 28.8 Å². The first-order chi connectivity index (χ1) is 13.2. The summed E-state index contributed by atoms with van der Waals surface area (Å²) >= 11 is -0.455. The van der Waals surface area contributed by atoms with Crippen molar-refractivity contribution >= 4 is 46.7 Å². The number of aliphatic carboxylic acids is 1. The summed E-state index contributed by atoms with van der Waals surface area (Å²) in [6.45, 7) is 0.919. The Morgan fingerprint density at radius 1 is 1.54 bits per heavy atom. The fourth-order valence-electron chi connectivity index (χ4n) is 2.78. The molecular weight excluding hydrogens is 412 g/mol. The van der Waals surface area contributed by atoms with Gasteiger partial charge >= 0.3 is 11.9 Å². The average Bonchev–Trinajstić information content (AvgIpc) is 2.63. The van der Waals surface area contributed by atoms with Gasteiger partial charge in [0.2, 0.25) is 0 Å². The first-order valence-corrected chi connectivity index (χ1v) is 10.4. The van der Waals surface area contributed by atoms with Crippen LogP contribution < -0.4 is 5.32 Å². The van der Waals surface area contributed by atoms with Crippen LogP contribution in [0.3, 0.4) is 0 Å². The molecule has 2 heterocycles. The molecule has 28 heavy (non-hydrogen) atoms. The second-order valence-electron chi connectivity index (χ2n) is 5.80. The van der Waals surface area contributed by atoms with Crippen molar-refractivity contribution in [1.29, 1.82) is 0 Å². The van der Waals surface area contributed by atoms with Crippen LogP contribution in [-0.4, -0.2) is 80.4 Å². The fourth-order valence-corrected chi connectivity index (χ4v) is 4.85. The average molecular weight is 430 g/mol. The van der Waals surface area contributed by atoms with E-state index in [1.165, 1.54) is 14.0 Å². The third-order valence-corrected chi connectivity index (χ3v) is 6.39. The van der Waals surface area contributed by atoms with Crippen molar-refractivity contribution in [2.45, 2.75) is 18.0 Å². The topological polar surface area (TPSA) is 145 Å². The van der Waals surface area contributed by atoms with Crippen LogP contribution in [0.25, 0.3) is 0 Å². The molecule has 3 atom stereocenters. The lowest BCUT2D eigenvalue weighted by atomic mass is 9.98. The number of carbonyl (C=O) groups is 4. The number of β-lactam (4-membered cyclic amide) rings is 1. The predicted octanol–water partition coefficient (Wildman–Crippen LogP) is -1.36. The van der Waals surface area contributed by atoms with Gasteiger partial charge in [0.25, 0.3) is 17.5 Å². The highest BCUT2D eigenvalue weighted by molar-refractivity contribution is 8.00. The van der Waals surface area contributed by atoms with Crippen molar-refractivity contribution in [2.75, 3.05) is 31.0 Å². The number of methoxy groups -OCH3 is 1. The van der Waals surface area contributed by atoms with E-state index in [4.69, 9.17) is 15.9 Å². The van der Waals surface area contributed by atoms with E-state index >= 15 is 0 Å². The van der Waals surface area contributed by atoms with Crippen LogP contribution in [0.5, 0.6) is 0 Å². The van der Waals surface area contributed by atoms with Crippen molar-refractivity contribution < 1.29 is 38.3 Å². The molecule has 0 spiro atoms. The Balaban J connectivity index is 2.22. The molecule has 2 aliphatic heterocycles. The van der Waals surface area contributed by atoms with E-state index < -0.39 is 51.8 Å². The quantitative estimate of drug-likeness (QED) is 0.157. The number of rotatable bonds is 8. The molecule has 2 aliphatic rings. The van der Waals surface area contributed by atoms with Gasteiger partial charge in [-0.3, -0.25) is 19.3 Å². The molecule has 152 valence electrons. The van der Waals surface area contributed by atoms with Crippen LogP contribution in [0.15, 0.2) is 11.3 Å². The van der Waals surface area contributed by atoms with Gasteiger partial charge in [-0.15, -0.1) is 18.2 Å². The molecule has 2 amide bonds. The summed E-state index contributed by atoms with van der Waals surface area (Å²) in [5.41, 5.74) is -1.84. The van der Waals surface area contributed by atoms with Crippen molar-refractivity contribution in [2.24, 2.45) is 0 Å². The normalized spacial score (nSPS) is 24.6. The molecule has 0 aromatic rings. The van der Waals surface area contributed by atoms with Gasteiger partial charge in [0.15, 0.2) is 11.5 Å². The van der Waals surface area contributed by atoms with Gasteiger partial charge in [0.1, 0.15) is 17.7 Å². The number of amides is 2. The van der Waals surface area contributed by atoms with E-state index in [1.54, 1.807) is 0 Å². The third-order valence-electron chi connectivity index (χ3n) is 3.95. The zero-order valence-electron chi connectivity index (χ0n) is 15.1. The Kier molecular flexibility index (Phi) is 7.00. The van der Waals surface area contributed by atoms with Crippen LogP contribution in [0.1, 0.15) is 6.92 Å². The lowest BCUT2D eigenvalue weighted by Crippen LogP contribution is -2.81. The minimum atomic E-state index is -1.78. The summed E-state index contributed by atoms with van der Waals surface area (Å²) < 4.78 is 21.7. The van der Waals surface area contributed by atoms with E-state index in [0.29, 0.717) is 0 Å². The van der Waals surface area contributed by atoms with Gasteiger partial charge in [-0.2, -0.15) is 0 Å². The number of terminal acetylenes is 1. The maximum absolute atomic E-state index is 12.8. The first-order valence-electron chi connectivity index (χ1n) is 7.86. The van der Waals surface area contributed by atoms with Crippen LogP contribution in [0, 0.1) is 12.3 Å².